The number of rotatable bonds is 4. The molecule has 3 rings (SSSR count). The molecule has 2 aromatic carbocycles. The number of carbonyl (C=O) groups is 2. The quantitative estimate of drug-likeness (QED) is 0.701. The van der Waals surface area contributed by atoms with Crippen molar-refractivity contribution < 1.29 is 18.7 Å². The summed E-state index contributed by atoms with van der Waals surface area (Å²) >= 11 is 0. The summed E-state index contributed by atoms with van der Waals surface area (Å²) in [6.07, 6.45) is -0.948. The highest BCUT2D eigenvalue weighted by molar-refractivity contribution is 5.98. The topological polar surface area (TPSA) is 68.5 Å². The van der Waals surface area contributed by atoms with Crippen molar-refractivity contribution in [1.82, 2.24) is 0 Å². The summed E-state index contributed by atoms with van der Waals surface area (Å²) in [6, 6.07) is 12.9. The monoisotopic (exact) mass is 351 g/mol. The van der Waals surface area contributed by atoms with Gasteiger partial charge in [0, 0.05) is 11.1 Å². The van der Waals surface area contributed by atoms with Crippen molar-refractivity contribution in [3.63, 3.8) is 0 Å². The minimum atomic E-state index is -0.948. The van der Waals surface area contributed by atoms with Gasteiger partial charge < -0.3 is 14.5 Å². The van der Waals surface area contributed by atoms with Gasteiger partial charge in [0.15, 0.2) is 6.10 Å². The number of hydrogen-bond donors (Lipinski definition) is 1. The minimum absolute atomic E-state index is 0.0774. The van der Waals surface area contributed by atoms with Crippen LogP contribution in [0.15, 0.2) is 46.9 Å². The summed E-state index contributed by atoms with van der Waals surface area (Å²) in [5.41, 5.74) is 4.40. The third kappa shape index (κ3) is 3.61. The molecule has 1 atom stereocenters. The lowest BCUT2D eigenvalue weighted by molar-refractivity contribution is -0.123. The highest BCUT2D eigenvalue weighted by atomic mass is 16.6. The van der Waals surface area contributed by atoms with Crippen LogP contribution in [0.1, 0.15) is 34.2 Å². The molecule has 0 unspecified atom stereocenters. The number of esters is 1. The van der Waals surface area contributed by atoms with E-state index in [1.807, 2.05) is 51.1 Å². The first-order valence-electron chi connectivity index (χ1n) is 8.43. The van der Waals surface area contributed by atoms with E-state index in [4.69, 9.17) is 9.15 Å². The third-order valence-corrected chi connectivity index (χ3v) is 4.20. The molecule has 0 aliphatic rings. The molecule has 5 heteroatoms. The van der Waals surface area contributed by atoms with E-state index < -0.39 is 12.1 Å². The molecule has 1 aromatic heterocycles. The normalized spacial score (nSPS) is 12.0. The Hall–Kier alpha value is -3.08. The number of anilines is 1. The minimum Gasteiger partial charge on any atom is -0.449 e. The molecule has 1 amide bonds. The molecule has 0 fully saturated rings. The van der Waals surface area contributed by atoms with Gasteiger partial charge in [-0.15, -0.1) is 0 Å². The molecule has 0 radical (unpaired) electrons. The van der Waals surface area contributed by atoms with Crippen LogP contribution in [0.5, 0.6) is 0 Å². The Bertz CT molecular complexity index is 931. The summed E-state index contributed by atoms with van der Waals surface area (Å²) in [5, 5.41) is 3.65. The van der Waals surface area contributed by atoms with Crippen molar-refractivity contribution in [2.45, 2.75) is 33.8 Å². The van der Waals surface area contributed by atoms with Gasteiger partial charge in [0.1, 0.15) is 5.58 Å². The molecule has 1 N–H and O–H groups in total. The zero-order valence-electron chi connectivity index (χ0n) is 15.3. The zero-order valence-corrected chi connectivity index (χ0v) is 15.3. The van der Waals surface area contributed by atoms with E-state index in [1.54, 1.807) is 12.1 Å². The maximum atomic E-state index is 12.4. The highest BCUT2D eigenvalue weighted by Gasteiger charge is 2.22. The number of furan rings is 1. The third-order valence-electron chi connectivity index (χ3n) is 4.20. The summed E-state index contributed by atoms with van der Waals surface area (Å²) in [7, 11) is 0. The Morgan fingerprint density at radius 1 is 1.04 bits per heavy atom. The lowest BCUT2D eigenvalue weighted by Crippen LogP contribution is -2.30. The fourth-order valence-electron chi connectivity index (χ4n) is 2.96. The standard InChI is InChI=1S/C21H21NO4/c1-12-9-13(2)19(14(3)10-12)22-20(23)15(4)25-21(24)18-11-16-7-5-6-8-17(16)26-18/h5-11,15H,1-4H3,(H,22,23)/t15-/m1/s1. The van der Waals surface area contributed by atoms with Crippen LogP contribution in [-0.4, -0.2) is 18.0 Å². The molecule has 0 aliphatic carbocycles. The number of ether oxygens (including phenoxy) is 1. The Balaban J connectivity index is 1.70. The molecule has 0 aliphatic heterocycles. The van der Waals surface area contributed by atoms with Gasteiger partial charge in [-0.2, -0.15) is 0 Å². The van der Waals surface area contributed by atoms with Crippen LogP contribution in [0, 0.1) is 20.8 Å². The number of fused-ring (bicyclic) bond motifs is 1. The van der Waals surface area contributed by atoms with Crippen molar-refractivity contribution in [2.24, 2.45) is 0 Å². The van der Waals surface area contributed by atoms with Crippen molar-refractivity contribution in [3.05, 3.63) is 64.9 Å². The van der Waals surface area contributed by atoms with E-state index in [0.29, 0.717) is 5.58 Å². The van der Waals surface area contributed by atoms with Crippen LogP contribution in [0.2, 0.25) is 0 Å². The number of hydrogen-bond acceptors (Lipinski definition) is 4. The van der Waals surface area contributed by atoms with E-state index in [-0.39, 0.29) is 11.7 Å². The second kappa shape index (κ2) is 7.04. The Kier molecular flexibility index (Phi) is 4.80. The Morgan fingerprint density at radius 3 is 2.35 bits per heavy atom. The lowest BCUT2D eigenvalue weighted by atomic mass is 10.0. The van der Waals surface area contributed by atoms with Gasteiger partial charge in [-0.1, -0.05) is 35.9 Å². The maximum Gasteiger partial charge on any atom is 0.375 e. The van der Waals surface area contributed by atoms with Crippen LogP contribution in [0.4, 0.5) is 5.69 Å². The number of para-hydroxylation sites is 1. The van der Waals surface area contributed by atoms with E-state index in [2.05, 4.69) is 5.32 Å². The fraction of sp³-hybridized carbons (Fsp3) is 0.238. The molecule has 1 heterocycles. The Morgan fingerprint density at radius 2 is 1.69 bits per heavy atom. The van der Waals surface area contributed by atoms with Gasteiger partial charge in [-0.05, 0) is 51.0 Å². The molecular weight excluding hydrogens is 330 g/mol. The molecule has 3 aromatic rings. The van der Waals surface area contributed by atoms with Crippen LogP contribution in [0.3, 0.4) is 0 Å². The van der Waals surface area contributed by atoms with Crippen molar-refractivity contribution >= 4 is 28.5 Å². The van der Waals surface area contributed by atoms with Gasteiger partial charge in [0.25, 0.3) is 5.91 Å². The van der Waals surface area contributed by atoms with E-state index >= 15 is 0 Å². The number of carbonyl (C=O) groups excluding carboxylic acids is 2. The number of benzene rings is 2. The van der Waals surface area contributed by atoms with Gasteiger partial charge >= 0.3 is 5.97 Å². The molecular formula is C21H21NO4. The van der Waals surface area contributed by atoms with E-state index in [1.165, 1.54) is 6.92 Å². The van der Waals surface area contributed by atoms with Gasteiger partial charge in [0.05, 0.1) is 0 Å². The summed E-state index contributed by atoms with van der Waals surface area (Å²) in [4.78, 5) is 24.7. The van der Waals surface area contributed by atoms with Crippen LogP contribution < -0.4 is 5.32 Å². The molecule has 0 saturated carbocycles. The number of amides is 1. The van der Waals surface area contributed by atoms with E-state index in [0.717, 1.165) is 27.8 Å². The largest absolute Gasteiger partial charge is 0.449 e. The molecule has 134 valence electrons. The Labute approximate surface area is 152 Å². The summed E-state index contributed by atoms with van der Waals surface area (Å²) < 4.78 is 10.7. The number of nitrogens with one attached hydrogen (secondary N) is 1. The highest BCUT2D eigenvalue weighted by Crippen LogP contribution is 2.23. The van der Waals surface area contributed by atoms with Crippen LogP contribution in [0.25, 0.3) is 11.0 Å². The predicted octanol–water partition coefficient (Wildman–Crippen LogP) is 4.54. The molecule has 0 bridgehead atoms. The molecule has 0 saturated heterocycles. The lowest BCUT2D eigenvalue weighted by Gasteiger charge is -2.16. The predicted molar refractivity (Wildman–Crippen MR) is 100 cm³/mol. The smallest absolute Gasteiger partial charge is 0.375 e. The van der Waals surface area contributed by atoms with Gasteiger partial charge in [-0.3, -0.25) is 4.79 Å². The van der Waals surface area contributed by atoms with Gasteiger partial charge in [0.2, 0.25) is 5.76 Å². The molecule has 0 spiro atoms. The summed E-state index contributed by atoms with van der Waals surface area (Å²) in [5.74, 6) is -0.973. The van der Waals surface area contributed by atoms with Crippen molar-refractivity contribution in [1.29, 1.82) is 0 Å². The maximum absolute atomic E-state index is 12.4. The first-order chi connectivity index (χ1) is 12.3. The molecule has 26 heavy (non-hydrogen) atoms. The first-order valence-corrected chi connectivity index (χ1v) is 8.43. The second-order valence-electron chi connectivity index (χ2n) is 6.46. The number of aryl methyl sites for hydroxylation is 3. The SMILES string of the molecule is Cc1cc(C)c(NC(=O)[C@@H](C)OC(=O)c2cc3ccccc3o2)c(C)c1. The average molecular weight is 351 g/mol. The van der Waals surface area contributed by atoms with Crippen molar-refractivity contribution in [2.75, 3.05) is 5.32 Å². The average Bonchev–Trinajstić information content (AvgIpc) is 3.02. The molecule has 5 nitrogen and oxygen atoms in total. The van der Waals surface area contributed by atoms with Gasteiger partial charge in [-0.25, -0.2) is 4.79 Å². The first kappa shape index (κ1) is 17.7. The van der Waals surface area contributed by atoms with Crippen LogP contribution >= 0.6 is 0 Å². The van der Waals surface area contributed by atoms with E-state index in [9.17, 15) is 9.59 Å². The fourth-order valence-corrected chi connectivity index (χ4v) is 2.96. The van der Waals surface area contributed by atoms with Crippen molar-refractivity contribution in [3.8, 4) is 0 Å². The van der Waals surface area contributed by atoms with Crippen LogP contribution in [-0.2, 0) is 9.53 Å². The second-order valence-corrected chi connectivity index (χ2v) is 6.46. The summed E-state index contributed by atoms with van der Waals surface area (Å²) in [6.45, 7) is 7.40. The zero-order chi connectivity index (χ0) is 18.8.